The van der Waals surface area contributed by atoms with E-state index in [-0.39, 0.29) is 6.61 Å². The Balaban J connectivity index is 2.79. The molecule has 1 aromatic rings. The molecule has 0 saturated carbocycles. The van der Waals surface area contributed by atoms with Crippen molar-refractivity contribution in [1.29, 1.82) is 0 Å². The van der Waals surface area contributed by atoms with Crippen LogP contribution in [0.5, 0.6) is 5.75 Å². The average molecular weight is 243 g/mol. The largest absolute Gasteiger partial charge is 0.482 e. The summed E-state index contributed by atoms with van der Waals surface area (Å²) in [6, 6.07) is 3.74. The summed E-state index contributed by atoms with van der Waals surface area (Å²) in [5, 5.41) is 0. The predicted octanol–water partition coefficient (Wildman–Crippen LogP) is 2.59. The number of hydrogen-bond acceptors (Lipinski definition) is 3. The topological polar surface area (TPSA) is 35.5 Å². The number of hydrogen-bond donors (Lipinski definition) is 0. The Hall–Kier alpha value is -1.22. The molecule has 0 atom stereocenters. The van der Waals surface area contributed by atoms with E-state index in [2.05, 4.69) is 4.74 Å². The van der Waals surface area contributed by atoms with Crippen LogP contribution in [0.3, 0.4) is 0 Å². The molecule has 0 N–H and O–H groups in total. The Kier molecular flexibility index (Phi) is 4.62. The number of carbonyl (C=O) groups excluding carboxylic acids is 1. The van der Waals surface area contributed by atoms with Crippen LogP contribution in [-0.2, 0) is 15.4 Å². The Morgan fingerprint density at radius 1 is 1.31 bits per heavy atom. The molecule has 0 aliphatic carbocycles. The van der Waals surface area contributed by atoms with Crippen molar-refractivity contribution in [2.75, 3.05) is 13.7 Å². The fraction of sp³-hybridized carbons (Fsp3) is 0.417. The van der Waals surface area contributed by atoms with Crippen molar-refractivity contribution >= 4 is 17.6 Å². The van der Waals surface area contributed by atoms with Crippen molar-refractivity contribution in [3.63, 3.8) is 0 Å². The molecule has 16 heavy (non-hydrogen) atoms. The zero-order chi connectivity index (χ0) is 12.1. The second kappa shape index (κ2) is 5.75. The molecule has 1 aromatic carbocycles. The number of benzene rings is 1. The van der Waals surface area contributed by atoms with Crippen molar-refractivity contribution < 1.29 is 14.3 Å². The zero-order valence-electron chi connectivity index (χ0n) is 9.67. The Morgan fingerprint density at radius 2 is 1.88 bits per heavy atom. The molecule has 1 rings (SSSR count). The summed E-state index contributed by atoms with van der Waals surface area (Å²) >= 11 is 5.82. The summed E-state index contributed by atoms with van der Waals surface area (Å²) in [4.78, 5) is 10.9. The lowest BCUT2D eigenvalue weighted by Gasteiger charge is -2.11. The number of halogens is 1. The average Bonchev–Trinajstić information content (AvgIpc) is 2.25. The van der Waals surface area contributed by atoms with Crippen molar-refractivity contribution in [1.82, 2.24) is 0 Å². The van der Waals surface area contributed by atoms with Crippen LogP contribution < -0.4 is 4.74 Å². The maximum absolute atomic E-state index is 10.9. The fourth-order valence-corrected chi connectivity index (χ4v) is 1.87. The van der Waals surface area contributed by atoms with Gasteiger partial charge in [-0.2, -0.15) is 0 Å². The molecule has 0 radical (unpaired) electrons. The monoisotopic (exact) mass is 242 g/mol. The summed E-state index contributed by atoms with van der Waals surface area (Å²) in [5.74, 6) is 0.751. The lowest BCUT2D eigenvalue weighted by molar-refractivity contribution is -0.142. The first kappa shape index (κ1) is 12.8. The van der Waals surface area contributed by atoms with Crippen molar-refractivity contribution in [2.24, 2.45) is 0 Å². The molecule has 0 bridgehead atoms. The number of ether oxygens (including phenoxy) is 2. The van der Waals surface area contributed by atoms with E-state index in [0.29, 0.717) is 11.6 Å². The first-order valence-corrected chi connectivity index (χ1v) is 5.47. The molecule has 0 aromatic heterocycles. The van der Waals surface area contributed by atoms with E-state index in [1.807, 2.05) is 26.0 Å². The van der Waals surface area contributed by atoms with Crippen LogP contribution in [0.1, 0.15) is 16.7 Å². The van der Waals surface area contributed by atoms with Gasteiger partial charge in [0, 0.05) is 5.88 Å². The third kappa shape index (κ3) is 3.14. The Morgan fingerprint density at radius 3 is 2.31 bits per heavy atom. The van der Waals surface area contributed by atoms with Gasteiger partial charge in [0.15, 0.2) is 6.61 Å². The van der Waals surface area contributed by atoms with Gasteiger partial charge in [0.25, 0.3) is 0 Å². The van der Waals surface area contributed by atoms with E-state index in [0.717, 1.165) is 16.7 Å². The zero-order valence-corrected chi connectivity index (χ0v) is 10.4. The van der Waals surface area contributed by atoms with Crippen molar-refractivity contribution in [3.8, 4) is 5.75 Å². The van der Waals surface area contributed by atoms with Gasteiger partial charge in [-0.05, 0) is 42.7 Å². The Labute approximate surface area is 100 Å². The van der Waals surface area contributed by atoms with Gasteiger partial charge < -0.3 is 9.47 Å². The highest BCUT2D eigenvalue weighted by molar-refractivity contribution is 6.17. The van der Waals surface area contributed by atoms with Crippen molar-refractivity contribution in [2.45, 2.75) is 19.7 Å². The first-order valence-electron chi connectivity index (χ1n) is 4.94. The second-order valence-electron chi connectivity index (χ2n) is 3.53. The van der Waals surface area contributed by atoms with Crippen LogP contribution in [-0.4, -0.2) is 19.7 Å². The molecule has 4 heteroatoms. The van der Waals surface area contributed by atoms with Crippen LogP contribution in [0.4, 0.5) is 0 Å². The lowest BCUT2D eigenvalue weighted by Crippen LogP contribution is -2.12. The number of carbonyl (C=O) groups is 1. The van der Waals surface area contributed by atoms with E-state index in [1.54, 1.807) is 0 Å². The second-order valence-corrected chi connectivity index (χ2v) is 3.80. The molecule has 88 valence electrons. The number of rotatable bonds is 4. The van der Waals surface area contributed by atoms with Gasteiger partial charge in [0.1, 0.15) is 5.75 Å². The molecule has 0 aliphatic heterocycles. The number of esters is 1. The molecular formula is C12H15ClO3. The quantitative estimate of drug-likeness (QED) is 0.601. The van der Waals surface area contributed by atoms with E-state index in [1.165, 1.54) is 7.11 Å². The first-order chi connectivity index (χ1) is 7.58. The Bertz CT molecular complexity index is 365. The summed E-state index contributed by atoms with van der Waals surface area (Å²) in [7, 11) is 1.33. The maximum Gasteiger partial charge on any atom is 0.343 e. The van der Waals surface area contributed by atoms with Gasteiger partial charge in [0.05, 0.1) is 7.11 Å². The SMILES string of the molecule is COC(=O)COc1cc(C)c(CCl)c(C)c1. The molecule has 0 unspecified atom stereocenters. The van der Waals surface area contributed by atoms with Gasteiger partial charge in [-0.3, -0.25) is 0 Å². The summed E-state index contributed by atoms with van der Waals surface area (Å²) < 4.78 is 9.79. The predicted molar refractivity (Wildman–Crippen MR) is 63.0 cm³/mol. The molecule has 3 nitrogen and oxygen atoms in total. The smallest absolute Gasteiger partial charge is 0.343 e. The highest BCUT2D eigenvalue weighted by Gasteiger charge is 2.06. The number of methoxy groups -OCH3 is 1. The minimum atomic E-state index is -0.392. The van der Waals surface area contributed by atoms with Crippen LogP contribution in [0, 0.1) is 13.8 Å². The van der Waals surface area contributed by atoms with Gasteiger partial charge >= 0.3 is 5.97 Å². The van der Waals surface area contributed by atoms with E-state index in [4.69, 9.17) is 16.3 Å². The molecule has 0 amide bonds. The van der Waals surface area contributed by atoms with Crippen LogP contribution in [0.2, 0.25) is 0 Å². The van der Waals surface area contributed by atoms with Gasteiger partial charge in [-0.1, -0.05) is 0 Å². The minimum absolute atomic E-state index is 0.0738. The van der Waals surface area contributed by atoms with Gasteiger partial charge in [-0.25, -0.2) is 4.79 Å². The third-order valence-corrected chi connectivity index (χ3v) is 2.65. The molecule has 0 aliphatic rings. The summed E-state index contributed by atoms with van der Waals surface area (Å²) in [6.45, 7) is 3.86. The van der Waals surface area contributed by atoms with Crippen LogP contribution >= 0.6 is 11.6 Å². The fourth-order valence-electron chi connectivity index (χ4n) is 1.45. The normalized spacial score (nSPS) is 10.0. The maximum atomic E-state index is 10.9. The summed E-state index contributed by atoms with van der Waals surface area (Å²) in [6.07, 6.45) is 0. The van der Waals surface area contributed by atoms with Crippen LogP contribution in [0.25, 0.3) is 0 Å². The van der Waals surface area contributed by atoms with Crippen LogP contribution in [0.15, 0.2) is 12.1 Å². The molecule has 0 spiro atoms. The molecule has 0 fully saturated rings. The van der Waals surface area contributed by atoms with Crippen molar-refractivity contribution in [3.05, 3.63) is 28.8 Å². The lowest BCUT2D eigenvalue weighted by atomic mass is 10.0. The number of alkyl halides is 1. The standard InChI is InChI=1S/C12H15ClO3/c1-8-4-10(16-7-12(14)15-3)5-9(2)11(8)6-13/h4-5H,6-7H2,1-3H3. The molecule has 0 saturated heterocycles. The van der Waals surface area contributed by atoms with Gasteiger partial charge in [-0.15, -0.1) is 11.6 Å². The molecule has 0 heterocycles. The highest BCUT2D eigenvalue weighted by Crippen LogP contribution is 2.23. The number of aryl methyl sites for hydroxylation is 2. The summed E-state index contributed by atoms with van der Waals surface area (Å²) in [5.41, 5.74) is 3.23. The van der Waals surface area contributed by atoms with Gasteiger partial charge in [0.2, 0.25) is 0 Å². The van der Waals surface area contributed by atoms with E-state index in [9.17, 15) is 4.79 Å². The van der Waals surface area contributed by atoms with E-state index < -0.39 is 5.97 Å². The minimum Gasteiger partial charge on any atom is -0.482 e. The molecular weight excluding hydrogens is 228 g/mol. The van der Waals surface area contributed by atoms with E-state index >= 15 is 0 Å². The highest BCUT2D eigenvalue weighted by atomic mass is 35.5. The third-order valence-electron chi connectivity index (χ3n) is 2.39.